The number of unbranched alkanes of at least 4 members (excludes halogenated alkanes) is 46. The number of carboxylic acid groups (broad SMARTS) is 1. The van der Waals surface area contributed by atoms with E-state index >= 15 is 0 Å². The Bertz CT molecular complexity index is 1920. The molecule has 2 atom stereocenters. The fourth-order valence-electron chi connectivity index (χ4n) is 12.1. The third-order valence-corrected chi connectivity index (χ3v) is 18.3. The fraction of sp³-hybridized carbons (Fsp3) is 0.784. The van der Waals surface area contributed by atoms with Crippen molar-refractivity contribution in [1.29, 1.82) is 0 Å². The van der Waals surface area contributed by atoms with Crippen LogP contribution in [0.15, 0.2) is 97.2 Å². The Balaban J connectivity index is 3.98. The third-order valence-electron chi connectivity index (χ3n) is 18.3. The molecule has 97 heavy (non-hydrogen) atoms. The maximum absolute atomic E-state index is 13.0. The van der Waals surface area contributed by atoms with Gasteiger partial charge >= 0.3 is 17.9 Å². The van der Waals surface area contributed by atoms with Gasteiger partial charge in [0.1, 0.15) is 13.2 Å². The van der Waals surface area contributed by atoms with Crippen molar-refractivity contribution in [3.8, 4) is 0 Å². The lowest BCUT2D eigenvalue weighted by Gasteiger charge is -2.25. The van der Waals surface area contributed by atoms with E-state index in [1.54, 1.807) is 0 Å². The number of carbonyl (C=O) groups is 3. The number of hydrogen-bond donors (Lipinski definition) is 1. The van der Waals surface area contributed by atoms with Crippen molar-refractivity contribution in [3.63, 3.8) is 0 Å². The Morgan fingerprint density at radius 3 is 0.887 bits per heavy atom. The first-order valence-electron chi connectivity index (χ1n) is 41.4. The molecular weight excluding hydrogens is 1200 g/mol. The van der Waals surface area contributed by atoms with Crippen molar-refractivity contribution in [1.82, 2.24) is 0 Å². The topological polar surface area (TPSA) is 108 Å². The summed E-state index contributed by atoms with van der Waals surface area (Å²) in [5.41, 5.74) is 0. The highest BCUT2D eigenvalue weighted by molar-refractivity contribution is 5.71. The SMILES string of the molecule is CC/C=C\C/C=C\C/C=C\C/C=C\C/C=C\C/C=C\C/C=C\CCCCCCCCCCCC(=O)OC(COC(=O)CCCCCCCCCCCCCCCCCCCCCCCCCCCCCCC/C=C\CCCCCCCCCC)COC(OCC[N+](C)(C)C)C(=O)O. The molecule has 0 aromatic heterocycles. The zero-order valence-corrected chi connectivity index (χ0v) is 64.5. The number of esters is 2. The summed E-state index contributed by atoms with van der Waals surface area (Å²) in [6, 6.07) is 0. The van der Waals surface area contributed by atoms with Crippen molar-refractivity contribution in [3.05, 3.63) is 97.2 Å². The van der Waals surface area contributed by atoms with E-state index in [9.17, 15) is 19.5 Å². The van der Waals surface area contributed by atoms with Crippen LogP contribution in [0.5, 0.6) is 0 Å². The highest BCUT2D eigenvalue weighted by Crippen LogP contribution is 2.19. The summed E-state index contributed by atoms with van der Waals surface area (Å²) < 4.78 is 23.0. The Hall–Kier alpha value is -3.79. The summed E-state index contributed by atoms with van der Waals surface area (Å²) in [6.45, 7) is 4.80. The van der Waals surface area contributed by atoms with Crippen LogP contribution in [0.2, 0.25) is 0 Å². The normalized spacial score (nSPS) is 13.1. The predicted octanol–water partition coefficient (Wildman–Crippen LogP) is 26.7. The van der Waals surface area contributed by atoms with Gasteiger partial charge in [-0.05, 0) is 96.3 Å². The number of quaternary nitrogens is 1. The standard InChI is InChI=1S/C88H157NO8/c1-6-8-10-12-14-16-18-20-22-24-26-28-30-32-34-36-38-39-40-41-42-43-44-45-46-47-49-50-52-54-56-58-60-62-64-66-68-70-72-74-76-78-85(90)95-82-84(83-96-88(87(92)93)94-81-80-89(3,4)5)97-86(91)79-77-75-73-71-69-67-65-63-61-59-57-55-53-51-48-37-35-33-31-29-27-25-23-21-19-17-15-13-11-9-7-2/h9,11,15,17,21,23-24,26-27,29,33,35,48,51,55,57,84,88H,6-8,10,12-14,16,18-20,22,25,28,30-32,34,36-47,49-50,52-54,56,58-83H2,1-5H3/p+1/b11-9-,17-15-,23-21-,26-24-,29-27-,35-33-,51-48-,57-55-. The zero-order valence-electron chi connectivity index (χ0n) is 64.5. The van der Waals surface area contributed by atoms with Crippen LogP contribution < -0.4 is 0 Å². The average molecular weight is 1360 g/mol. The molecule has 2 unspecified atom stereocenters. The Labute approximate surface area is 601 Å². The van der Waals surface area contributed by atoms with Gasteiger partial charge in [-0.25, -0.2) is 4.79 Å². The monoisotopic (exact) mass is 1360 g/mol. The molecule has 0 aromatic rings. The lowest BCUT2D eigenvalue weighted by Crippen LogP contribution is -2.40. The van der Waals surface area contributed by atoms with E-state index < -0.39 is 24.3 Å². The fourth-order valence-corrected chi connectivity index (χ4v) is 12.1. The number of aliphatic carboxylic acids is 1. The number of carbonyl (C=O) groups excluding carboxylic acids is 2. The highest BCUT2D eigenvalue weighted by atomic mass is 16.7. The number of ether oxygens (including phenoxy) is 4. The molecule has 1 N–H and O–H groups in total. The van der Waals surface area contributed by atoms with E-state index in [0.717, 1.165) is 89.9 Å². The maximum Gasteiger partial charge on any atom is 0.361 e. The lowest BCUT2D eigenvalue weighted by molar-refractivity contribution is -0.870. The summed E-state index contributed by atoms with van der Waals surface area (Å²) in [4.78, 5) is 37.7. The lowest BCUT2D eigenvalue weighted by atomic mass is 10.0. The van der Waals surface area contributed by atoms with Gasteiger partial charge in [0.2, 0.25) is 0 Å². The third kappa shape index (κ3) is 79.4. The second-order valence-corrected chi connectivity index (χ2v) is 29.1. The Morgan fingerprint density at radius 2 is 0.588 bits per heavy atom. The van der Waals surface area contributed by atoms with E-state index in [4.69, 9.17) is 18.9 Å². The molecule has 9 heteroatoms. The summed E-state index contributed by atoms with van der Waals surface area (Å²) in [6.07, 6.45) is 106. The second-order valence-electron chi connectivity index (χ2n) is 29.1. The molecule has 0 aliphatic carbocycles. The van der Waals surface area contributed by atoms with Gasteiger partial charge in [0.25, 0.3) is 6.29 Å². The van der Waals surface area contributed by atoms with Gasteiger partial charge < -0.3 is 28.5 Å². The van der Waals surface area contributed by atoms with Crippen LogP contribution >= 0.6 is 0 Å². The molecular formula is C88H158NO8+. The van der Waals surface area contributed by atoms with Crippen molar-refractivity contribution < 1.29 is 42.9 Å². The molecule has 0 aromatic carbocycles. The predicted molar refractivity (Wildman–Crippen MR) is 419 cm³/mol. The maximum atomic E-state index is 13.0. The molecule has 0 bridgehead atoms. The van der Waals surface area contributed by atoms with Crippen LogP contribution in [-0.2, 0) is 33.3 Å². The van der Waals surface area contributed by atoms with Crippen molar-refractivity contribution >= 4 is 17.9 Å². The van der Waals surface area contributed by atoms with Gasteiger partial charge in [-0.2, -0.15) is 0 Å². The number of carboxylic acids is 1. The van der Waals surface area contributed by atoms with Crippen LogP contribution in [0, 0.1) is 0 Å². The number of hydrogen-bond acceptors (Lipinski definition) is 7. The van der Waals surface area contributed by atoms with Gasteiger partial charge in [-0.15, -0.1) is 0 Å². The molecule has 0 saturated carbocycles. The van der Waals surface area contributed by atoms with Gasteiger partial charge in [-0.1, -0.05) is 374 Å². The molecule has 562 valence electrons. The van der Waals surface area contributed by atoms with Crippen LogP contribution in [0.1, 0.15) is 386 Å². The largest absolute Gasteiger partial charge is 0.477 e. The summed E-state index contributed by atoms with van der Waals surface area (Å²) >= 11 is 0. The Morgan fingerprint density at radius 1 is 0.320 bits per heavy atom. The van der Waals surface area contributed by atoms with Crippen molar-refractivity contribution in [2.75, 3.05) is 47.5 Å². The minimum absolute atomic E-state index is 0.184. The van der Waals surface area contributed by atoms with Gasteiger partial charge in [0.15, 0.2) is 6.10 Å². The quantitative estimate of drug-likeness (QED) is 0.0211. The molecule has 0 radical (unpaired) electrons. The molecule has 9 nitrogen and oxygen atoms in total. The van der Waals surface area contributed by atoms with E-state index in [2.05, 4.69) is 111 Å². The van der Waals surface area contributed by atoms with Crippen molar-refractivity contribution in [2.45, 2.75) is 399 Å². The first-order valence-corrected chi connectivity index (χ1v) is 41.4. The first kappa shape index (κ1) is 93.2. The highest BCUT2D eigenvalue weighted by Gasteiger charge is 2.25. The zero-order chi connectivity index (χ0) is 70.4. The molecule has 0 aliphatic heterocycles. The molecule has 0 amide bonds. The van der Waals surface area contributed by atoms with Crippen LogP contribution in [-0.4, -0.2) is 87.4 Å². The van der Waals surface area contributed by atoms with Gasteiger partial charge in [0.05, 0.1) is 34.4 Å². The van der Waals surface area contributed by atoms with Gasteiger partial charge in [0, 0.05) is 12.8 Å². The number of allylic oxidation sites excluding steroid dienone is 16. The van der Waals surface area contributed by atoms with Crippen LogP contribution in [0.25, 0.3) is 0 Å². The van der Waals surface area contributed by atoms with E-state index in [1.165, 1.54) is 263 Å². The molecule has 0 saturated heterocycles. The molecule has 0 fully saturated rings. The second kappa shape index (κ2) is 77.9. The first-order chi connectivity index (χ1) is 47.6. The van der Waals surface area contributed by atoms with Gasteiger partial charge in [-0.3, -0.25) is 9.59 Å². The number of nitrogens with zero attached hydrogens (tertiary/aromatic N) is 1. The number of rotatable bonds is 77. The summed E-state index contributed by atoms with van der Waals surface area (Å²) in [5.74, 6) is -2.00. The van der Waals surface area contributed by atoms with E-state index in [-0.39, 0.29) is 32.2 Å². The van der Waals surface area contributed by atoms with E-state index in [1.807, 2.05) is 21.1 Å². The van der Waals surface area contributed by atoms with Crippen LogP contribution in [0.3, 0.4) is 0 Å². The number of likely N-dealkylation sites (N-methyl/N-ethyl adjacent to an activating group) is 1. The average Bonchev–Trinajstić information content (AvgIpc) is 2.39. The van der Waals surface area contributed by atoms with Crippen LogP contribution in [0.4, 0.5) is 0 Å². The molecule has 0 rings (SSSR count). The van der Waals surface area contributed by atoms with E-state index in [0.29, 0.717) is 23.9 Å². The molecule has 0 aliphatic rings. The summed E-state index contributed by atoms with van der Waals surface area (Å²) in [7, 11) is 5.99. The minimum atomic E-state index is -1.52. The smallest absolute Gasteiger partial charge is 0.361 e. The van der Waals surface area contributed by atoms with Crippen molar-refractivity contribution in [2.24, 2.45) is 0 Å². The Kier molecular flexibility index (Phi) is 74.9. The molecule has 0 spiro atoms. The minimum Gasteiger partial charge on any atom is -0.477 e. The summed E-state index contributed by atoms with van der Waals surface area (Å²) in [5, 5.41) is 9.78. The molecule has 0 heterocycles.